The third-order valence-corrected chi connectivity index (χ3v) is 2.21. The van der Waals surface area contributed by atoms with Crippen molar-refractivity contribution < 1.29 is 40.9 Å². The van der Waals surface area contributed by atoms with Gasteiger partial charge in [0, 0.05) is 7.11 Å². The van der Waals surface area contributed by atoms with Gasteiger partial charge in [-0.05, 0) is 0 Å². The highest BCUT2D eigenvalue weighted by Gasteiger charge is 2.81. The summed E-state index contributed by atoms with van der Waals surface area (Å²) in [5, 5.41) is 8.40. The van der Waals surface area contributed by atoms with Gasteiger partial charge in [-0.3, -0.25) is 0 Å². The van der Waals surface area contributed by atoms with Crippen LogP contribution in [0, 0.1) is 0 Å². The topological polar surface area (TPSA) is 38.7 Å². The van der Waals surface area contributed by atoms with E-state index in [-0.39, 0.29) is 0 Å². The van der Waals surface area contributed by atoms with E-state index in [0.29, 0.717) is 7.11 Å². The van der Waals surface area contributed by atoms with Crippen LogP contribution in [0.2, 0.25) is 0 Å². The Labute approximate surface area is 85.9 Å². The first kappa shape index (κ1) is 13.5. The minimum absolute atomic E-state index is 0.604. The van der Waals surface area contributed by atoms with E-state index < -0.39 is 36.8 Å². The van der Waals surface area contributed by atoms with E-state index in [1.54, 1.807) is 0 Å². The monoisotopic (exact) mass is 254 g/mol. The second-order valence-corrected chi connectivity index (χ2v) is 3.20. The molecule has 1 aliphatic heterocycles. The van der Waals surface area contributed by atoms with Crippen LogP contribution in [-0.2, 0) is 9.47 Å². The Morgan fingerprint density at radius 3 is 2.00 bits per heavy atom. The minimum atomic E-state index is -5.66. The second kappa shape index (κ2) is 3.74. The zero-order valence-electron chi connectivity index (χ0n) is 7.89. The molecule has 1 N–H and O–H groups in total. The van der Waals surface area contributed by atoms with Crippen molar-refractivity contribution in [3.05, 3.63) is 0 Å². The van der Waals surface area contributed by atoms with E-state index in [0.717, 1.165) is 0 Å². The third kappa shape index (κ3) is 1.49. The molecule has 2 unspecified atom stereocenters. The molecule has 2 atom stereocenters. The maximum Gasteiger partial charge on any atom is 0.379 e. The van der Waals surface area contributed by atoms with Crippen LogP contribution in [0.4, 0.5) is 26.3 Å². The van der Waals surface area contributed by atoms with E-state index in [4.69, 9.17) is 5.11 Å². The maximum absolute atomic E-state index is 12.9. The lowest BCUT2D eigenvalue weighted by Crippen LogP contribution is -2.70. The number of hydrogen-bond acceptors (Lipinski definition) is 3. The van der Waals surface area contributed by atoms with Gasteiger partial charge in [-0.2, -0.15) is 26.3 Å². The fourth-order valence-corrected chi connectivity index (χ4v) is 1.25. The van der Waals surface area contributed by atoms with Crippen LogP contribution in [0.15, 0.2) is 0 Å². The lowest BCUT2D eigenvalue weighted by molar-refractivity contribution is -0.440. The summed E-state index contributed by atoms with van der Waals surface area (Å²) in [5.41, 5.74) is 0. The summed E-state index contributed by atoms with van der Waals surface area (Å²) in [5.74, 6) is -16.0. The standard InChI is InChI=1S/C7H8F6O3/c1-15-4-6(10,11)7(12,13)5(8,9)3(2-14)16-4/h3-4,14H,2H2,1H3. The summed E-state index contributed by atoms with van der Waals surface area (Å²) in [7, 11) is 0.604. The molecule has 0 aromatic heterocycles. The number of alkyl halides is 6. The average molecular weight is 254 g/mol. The smallest absolute Gasteiger partial charge is 0.379 e. The molecule has 9 heteroatoms. The van der Waals surface area contributed by atoms with Gasteiger partial charge in [0.15, 0.2) is 6.10 Å². The first-order valence-electron chi connectivity index (χ1n) is 4.05. The van der Waals surface area contributed by atoms with E-state index in [2.05, 4.69) is 9.47 Å². The van der Waals surface area contributed by atoms with Gasteiger partial charge in [0.1, 0.15) is 0 Å². The predicted octanol–water partition coefficient (Wildman–Crippen LogP) is 1.26. The number of ether oxygens (including phenoxy) is 2. The fourth-order valence-electron chi connectivity index (χ4n) is 1.25. The molecule has 3 nitrogen and oxygen atoms in total. The van der Waals surface area contributed by atoms with E-state index in [1.807, 2.05) is 0 Å². The molecule has 0 spiro atoms. The molecule has 0 bridgehead atoms. The van der Waals surface area contributed by atoms with Gasteiger partial charge in [-0.1, -0.05) is 0 Å². The Morgan fingerprint density at radius 2 is 1.62 bits per heavy atom. The molecule has 0 radical (unpaired) electrons. The molecule has 0 saturated carbocycles. The van der Waals surface area contributed by atoms with Crippen molar-refractivity contribution in [2.24, 2.45) is 0 Å². The first-order chi connectivity index (χ1) is 7.12. The van der Waals surface area contributed by atoms with E-state index >= 15 is 0 Å². The minimum Gasteiger partial charge on any atom is -0.393 e. The van der Waals surface area contributed by atoms with Gasteiger partial charge in [0.05, 0.1) is 6.61 Å². The fraction of sp³-hybridized carbons (Fsp3) is 1.00. The number of aliphatic hydroxyl groups excluding tert-OH is 1. The van der Waals surface area contributed by atoms with Crippen molar-refractivity contribution in [2.75, 3.05) is 13.7 Å². The van der Waals surface area contributed by atoms with Gasteiger partial charge in [-0.15, -0.1) is 0 Å². The van der Waals surface area contributed by atoms with Crippen molar-refractivity contribution in [1.29, 1.82) is 0 Å². The lowest BCUT2D eigenvalue weighted by Gasteiger charge is -2.44. The van der Waals surface area contributed by atoms with Crippen molar-refractivity contribution in [3.8, 4) is 0 Å². The lowest BCUT2D eigenvalue weighted by atomic mass is 9.96. The molecule has 96 valence electrons. The molecule has 1 saturated heterocycles. The number of methoxy groups -OCH3 is 1. The normalized spacial score (nSPS) is 36.0. The predicted molar refractivity (Wildman–Crippen MR) is 37.6 cm³/mol. The van der Waals surface area contributed by atoms with Crippen LogP contribution in [0.25, 0.3) is 0 Å². The van der Waals surface area contributed by atoms with Crippen molar-refractivity contribution in [3.63, 3.8) is 0 Å². The number of rotatable bonds is 2. The average Bonchev–Trinajstić information content (AvgIpc) is 2.16. The highest BCUT2D eigenvalue weighted by atomic mass is 19.3. The summed E-state index contributed by atoms with van der Waals surface area (Å²) in [4.78, 5) is 0. The Balaban J connectivity index is 3.18. The molecule has 0 aromatic carbocycles. The summed E-state index contributed by atoms with van der Waals surface area (Å²) in [6.07, 6.45) is -5.58. The van der Waals surface area contributed by atoms with Gasteiger partial charge in [0.25, 0.3) is 0 Å². The van der Waals surface area contributed by atoms with Gasteiger partial charge < -0.3 is 14.6 Å². The van der Waals surface area contributed by atoms with Gasteiger partial charge >= 0.3 is 17.8 Å². The molecular formula is C7H8F6O3. The van der Waals surface area contributed by atoms with E-state index in [1.165, 1.54) is 0 Å². The molecule has 0 aromatic rings. The first-order valence-corrected chi connectivity index (χ1v) is 4.05. The Bertz CT molecular complexity index is 245. The zero-order chi connectivity index (χ0) is 12.8. The Kier molecular flexibility index (Phi) is 3.16. The molecule has 1 rings (SSSR count). The molecule has 1 aliphatic rings. The van der Waals surface area contributed by atoms with Crippen LogP contribution in [0.1, 0.15) is 0 Å². The Morgan fingerprint density at radius 1 is 1.12 bits per heavy atom. The molecule has 16 heavy (non-hydrogen) atoms. The Hall–Kier alpha value is -0.540. The van der Waals surface area contributed by atoms with Gasteiger partial charge in [0.2, 0.25) is 6.29 Å². The van der Waals surface area contributed by atoms with Crippen LogP contribution in [0.5, 0.6) is 0 Å². The van der Waals surface area contributed by atoms with Crippen LogP contribution < -0.4 is 0 Å². The molecular weight excluding hydrogens is 246 g/mol. The highest BCUT2D eigenvalue weighted by Crippen LogP contribution is 2.53. The summed E-state index contributed by atoms with van der Waals surface area (Å²) in [6.45, 7) is -1.53. The number of hydrogen-bond donors (Lipinski definition) is 1. The summed E-state index contributed by atoms with van der Waals surface area (Å²) >= 11 is 0. The second-order valence-electron chi connectivity index (χ2n) is 3.20. The highest BCUT2D eigenvalue weighted by molar-refractivity contribution is 5.05. The largest absolute Gasteiger partial charge is 0.393 e. The van der Waals surface area contributed by atoms with Crippen molar-refractivity contribution >= 4 is 0 Å². The van der Waals surface area contributed by atoms with Gasteiger partial charge in [-0.25, -0.2) is 0 Å². The SMILES string of the molecule is COC1OC(CO)C(F)(F)C(F)(F)C1(F)F. The molecule has 1 fully saturated rings. The number of aliphatic hydroxyl groups is 1. The van der Waals surface area contributed by atoms with E-state index in [9.17, 15) is 26.3 Å². The molecule has 0 amide bonds. The van der Waals surface area contributed by atoms with Crippen molar-refractivity contribution in [2.45, 2.75) is 30.2 Å². The summed E-state index contributed by atoms with van der Waals surface area (Å²) in [6, 6.07) is 0. The summed E-state index contributed by atoms with van der Waals surface area (Å²) < 4.78 is 85.0. The number of halogens is 6. The zero-order valence-corrected chi connectivity index (χ0v) is 7.89. The van der Waals surface area contributed by atoms with Crippen LogP contribution >= 0.6 is 0 Å². The molecule has 1 heterocycles. The van der Waals surface area contributed by atoms with Crippen LogP contribution in [0.3, 0.4) is 0 Å². The molecule has 0 aliphatic carbocycles. The quantitative estimate of drug-likeness (QED) is 0.754. The van der Waals surface area contributed by atoms with Crippen molar-refractivity contribution in [1.82, 2.24) is 0 Å². The van der Waals surface area contributed by atoms with Crippen LogP contribution in [-0.4, -0.2) is 49.0 Å². The third-order valence-electron chi connectivity index (χ3n) is 2.21. The maximum atomic E-state index is 12.9.